The van der Waals surface area contributed by atoms with E-state index in [4.69, 9.17) is 4.42 Å². The number of aliphatic hydroxyl groups excluding tert-OH is 1. The molecule has 2 N–H and O–H groups in total. The van der Waals surface area contributed by atoms with Gasteiger partial charge in [-0.3, -0.25) is 4.79 Å². The van der Waals surface area contributed by atoms with Crippen LogP contribution in [-0.4, -0.2) is 95.9 Å². The van der Waals surface area contributed by atoms with E-state index in [0.29, 0.717) is 18.8 Å². The smallest absolute Gasteiger partial charge is 0.289 e. The zero-order valence-corrected chi connectivity index (χ0v) is 17.0. The van der Waals surface area contributed by atoms with Crippen molar-refractivity contribution < 1.29 is 19.4 Å². The number of piperazine rings is 1. The van der Waals surface area contributed by atoms with Crippen molar-refractivity contribution in [3.05, 3.63) is 23.7 Å². The summed E-state index contributed by atoms with van der Waals surface area (Å²) in [5.74, 6) is 6.22. The second-order valence-electron chi connectivity index (χ2n) is 8.49. The van der Waals surface area contributed by atoms with Crippen LogP contribution < -0.4 is 0 Å². The highest BCUT2D eigenvalue weighted by atomic mass is 16.4. The number of carbonyl (C=O) groups excluding carboxylic acids is 1. The topological polar surface area (TPSA) is 80.4 Å². The molecule has 1 aromatic rings. The standard InChI is InChI=1S/C21H31N3O4/c1-21(2,27)7-6-18-4-5-19(28-18)20(26)24-13-16(17(14-24)15-25)12-23-10-8-22(3)9-11-23/h4-5,16-17,25,27H,8-15H2,1-3H3/t16-,17-/m1/s1. The lowest BCUT2D eigenvalue weighted by atomic mass is 9.96. The molecular weight excluding hydrogens is 358 g/mol. The highest BCUT2D eigenvalue weighted by Crippen LogP contribution is 2.26. The van der Waals surface area contributed by atoms with Crippen molar-refractivity contribution in [1.82, 2.24) is 14.7 Å². The fourth-order valence-electron chi connectivity index (χ4n) is 3.77. The van der Waals surface area contributed by atoms with E-state index in [2.05, 4.69) is 28.7 Å². The van der Waals surface area contributed by atoms with Crippen LogP contribution in [0.5, 0.6) is 0 Å². The largest absolute Gasteiger partial charge is 0.443 e. The van der Waals surface area contributed by atoms with Crippen LogP contribution in [0, 0.1) is 23.7 Å². The van der Waals surface area contributed by atoms with Gasteiger partial charge in [0.2, 0.25) is 0 Å². The third-order valence-electron chi connectivity index (χ3n) is 5.50. The van der Waals surface area contributed by atoms with E-state index in [9.17, 15) is 15.0 Å². The van der Waals surface area contributed by atoms with Gasteiger partial charge in [-0.05, 0) is 44.9 Å². The lowest BCUT2D eigenvalue weighted by Gasteiger charge is -2.34. The number of amides is 1. The van der Waals surface area contributed by atoms with Gasteiger partial charge in [0, 0.05) is 58.3 Å². The van der Waals surface area contributed by atoms with Gasteiger partial charge in [-0.2, -0.15) is 0 Å². The van der Waals surface area contributed by atoms with Crippen LogP contribution in [0.15, 0.2) is 16.5 Å². The number of likely N-dealkylation sites (N-methyl/N-ethyl adjacent to an activating group) is 1. The number of furan rings is 1. The van der Waals surface area contributed by atoms with Gasteiger partial charge in [0.15, 0.2) is 11.5 Å². The summed E-state index contributed by atoms with van der Waals surface area (Å²) >= 11 is 0. The maximum absolute atomic E-state index is 12.8. The average molecular weight is 389 g/mol. The molecule has 28 heavy (non-hydrogen) atoms. The van der Waals surface area contributed by atoms with E-state index >= 15 is 0 Å². The Balaban J connectivity index is 1.61. The van der Waals surface area contributed by atoms with Crippen molar-refractivity contribution in [3.8, 4) is 11.8 Å². The Morgan fingerprint density at radius 2 is 1.89 bits per heavy atom. The summed E-state index contributed by atoms with van der Waals surface area (Å²) in [5, 5.41) is 19.5. The van der Waals surface area contributed by atoms with Gasteiger partial charge in [-0.25, -0.2) is 0 Å². The van der Waals surface area contributed by atoms with Crippen LogP contribution in [0.1, 0.15) is 30.2 Å². The molecule has 0 aliphatic carbocycles. The fourth-order valence-corrected chi connectivity index (χ4v) is 3.77. The molecule has 7 nitrogen and oxygen atoms in total. The lowest BCUT2D eigenvalue weighted by Crippen LogP contribution is -2.47. The van der Waals surface area contributed by atoms with Crippen LogP contribution in [-0.2, 0) is 0 Å². The molecule has 0 unspecified atom stereocenters. The van der Waals surface area contributed by atoms with Gasteiger partial charge >= 0.3 is 0 Å². The van der Waals surface area contributed by atoms with Gasteiger partial charge in [0.05, 0.1) is 0 Å². The molecule has 3 rings (SSSR count). The van der Waals surface area contributed by atoms with Crippen LogP contribution in [0.25, 0.3) is 0 Å². The quantitative estimate of drug-likeness (QED) is 0.723. The van der Waals surface area contributed by atoms with Gasteiger partial charge in [0.1, 0.15) is 5.60 Å². The Morgan fingerprint density at radius 1 is 1.21 bits per heavy atom. The summed E-state index contributed by atoms with van der Waals surface area (Å²) in [6.07, 6.45) is 0. The van der Waals surface area contributed by atoms with Crippen molar-refractivity contribution in [1.29, 1.82) is 0 Å². The van der Waals surface area contributed by atoms with E-state index in [0.717, 1.165) is 32.7 Å². The second-order valence-corrected chi connectivity index (χ2v) is 8.49. The van der Waals surface area contributed by atoms with E-state index < -0.39 is 5.60 Å². The molecule has 0 aromatic carbocycles. The molecule has 0 saturated carbocycles. The van der Waals surface area contributed by atoms with Gasteiger partial charge < -0.3 is 29.3 Å². The minimum absolute atomic E-state index is 0.0860. The third-order valence-corrected chi connectivity index (χ3v) is 5.50. The van der Waals surface area contributed by atoms with E-state index in [1.54, 1.807) is 30.9 Å². The first kappa shape index (κ1) is 20.9. The monoisotopic (exact) mass is 389 g/mol. The minimum atomic E-state index is -1.11. The average Bonchev–Trinajstić information content (AvgIpc) is 3.28. The Bertz CT molecular complexity index is 735. The van der Waals surface area contributed by atoms with Crippen molar-refractivity contribution in [2.45, 2.75) is 19.4 Å². The molecule has 1 aromatic heterocycles. The molecule has 1 amide bonds. The van der Waals surface area contributed by atoms with Crippen LogP contribution in [0.4, 0.5) is 0 Å². The Kier molecular flexibility index (Phi) is 6.46. The number of hydrogen-bond donors (Lipinski definition) is 2. The molecular formula is C21H31N3O4. The summed E-state index contributed by atoms with van der Waals surface area (Å²) in [6.45, 7) is 9.51. The predicted molar refractivity (Wildman–Crippen MR) is 106 cm³/mol. The Morgan fingerprint density at radius 3 is 2.54 bits per heavy atom. The van der Waals surface area contributed by atoms with E-state index in [-0.39, 0.29) is 30.1 Å². The number of hydrogen-bond acceptors (Lipinski definition) is 6. The van der Waals surface area contributed by atoms with Crippen molar-refractivity contribution in [3.63, 3.8) is 0 Å². The molecule has 2 atom stereocenters. The normalized spacial score (nSPS) is 24.2. The highest BCUT2D eigenvalue weighted by Gasteiger charge is 2.37. The maximum atomic E-state index is 12.8. The van der Waals surface area contributed by atoms with Crippen LogP contribution in [0.3, 0.4) is 0 Å². The zero-order chi connectivity index (χ0) is 20.3. The minimum Gasteiger partial charge on any atom is -0.443 e. The Hall–Kier alpha value is -1.85. The fraction of sp³-hybridized carbons (Fsp3) is 0.667. The predicted octanol–water partition coefficient (Wildman–Crippen LogP) is 0.330. The molecule has 0 spiro atoms. The number of nitrogens with zero attached hydrogens (tertiary/aromatic N) is 3. The molecule has 2 aliphatic heterocycles. The first-order chi connectivity index (χ1) is 13.2. The molecule has 2 fully saturated rings. The SMILES string of the molecule is CN1CCN(C[C@@H]2CN(C(=O)c3ccc(C#CC(C)(C)O)o3)C[C@@H]2CO)CC1. The lowest BCUT2D eigenvalue weighted by molar-refractivity contribution is 0.0745. The van der Waals surface area contributed by atoms with Crippen LogP contribution >= 0.6 is 0 Å². The molecule has 2 aliphatic rings. The summed E-state index contributed by atoms with van der Waals surface area (Å²) < 4.78 is 5.56. The van der Waals surface area contributed by atoms with Crippen molar-refractivity contribution in [2.24, 2.45) is 11.8 Å². The van der Waals surface area contributed by atoms with Crippen molar-refractivity contribution in [2.75, 3.05) is 59.5 Å². The van der Waals surface area contributed by atoms with Gasteiger partial charge in [-0.1, -0.05) is 5.92 Å². The number of rotatable bonds is 4. The first-order valence-corrected chi connectivity index (χ1v) is 9.91. The highest BCUT2D eigenvalue weighted by molar-refractivity contribution is 5.91. The summed E-state index contributed by atoms with van der Waals surface area (Å²) in [6, 6.07) is 3.27. The number of likely N-dealkylation sites (tertiary alicyclic amines) is 1. The molecule has 3 heterocycles. The number of carbonyl (C=O) groups is 1. The van der Waals surface area contributed by atoms with Crippen molar-refractivity contribution >= 4 is 5.91 Å². The molecule has 7 heteroatoms. The second kappa shape index (κ2) is 8.66. The Labute approximate surface area is 166 Å². The molecule has 0 radical (unpaired) electrons. The summed E-state index contributed by atoms with van der Waals surface area (Å²) in [7, 11) is 2.13. The maximum Gasteiger partial charge on any atom is 0.289 e. The summed E-state index contributed by atoms with van der Waals surface area (Å²) in [4.78, 5) is 19.4. The van der Waals surface area contributed by atoms with Crippen LogP contribution in [0.2, 0.25) is 0 Å². The van der Waals surface area contributed by atoms with E-state index in [1.807, 2.05) is 0 Å². The number of aliphatic hydroxyl groups is 2. The first-order valence-electron chi connectivity index (χ1n) is 9.91. The third kappa shape index (κ3) is 5.36. The molecule has 2 saturated heterocycles. The van der Waals surface area contributed by atoms with Gasteiger partial charge in [-0.15, -0.1) is 0 Å². The molecule has 0 bridgehead atoms. The van der Waals surface area contributed by atoms with E-state index in [1.165, 1.54) is 0 Å². The molecule has 154 valence electrons. The zero-order valence-electron chi connectivity index (χ0n) is 17.0. The summed E-state index contributed by atoms with van der Waals surface area (Å²) in [5.41, 5.74) is -1.11. The van der Waals surface area contributed by atoms with Gasteiger partial charge in [0.25, 0.3) is 5.91 Å².